The van der Waals surface area contributed by atoms with Gasteiger partial charge in [0, 0.05) is 24.3 Å². The molecule has 3 heteroatoms. The monoisotopic (exact) mass is 351 g/mol. The lowest BCUT2D eigenvalue weighted by molar-refractivity contribution is -0.133. The van der Waals surface area contributed by atoms with Crippen LogP contribution in [0.1, 0.15) is 49.7 Å². The minimum atomic E-state index is 0.322. The van der Waals surface area contributed by atoms with Crippen molar-refractivity contribution >= 4 is 21.8 Å². The molecule has 2 nitrogen and oxygen atoms in total. The van der Waals surface area contributed by atoms with Crippen LogP contribution in [0.15, 0.2) is 24.3 Å². The number of carbonyl (C=O) groups is 1. The summed E-state index contributed by atoms with van der Waals surface area (Å²) < 4.78 is 0. The van der Waals surface area contributed by atoms with Gasteiger partial charge in [0.15, 0.2) is 0 Å². The van der Waals surface area contributed by atoms with Crippen LogP contribution in [0.4, 0.5) is 0 Å². The van der Waals surface area contributed by atoms with E-state index in [1.165, 1.54) is 43.2 Å². The molecule has 0 aromatic heterocycles. The summed E-state index contributed by atoms with van der Waals surface area (Å²) in [6.45, 7) is 2.95. The molecule has 0 atom stereocenters. The molecule has 116 valence electrons. The molecule has 0 unspecified atom stereocenters. The van der Waals surface area contributed by atoms with Crippen molar-refractivity contribution in [1.29, 1.82) is 0 Å². The second kappa shape index (κ2) is 8.57. The number of hydrogen-bond acceptors (Lipinski definition) is 1. The molecule has 1 fully saturated rings. The highest BCUT2D eigenvalue weighted by Gasteiger charge is 2.24. The summed E-state index contributed by atoms with van der Waals surface area (Å²) in [7, 11) is 0. The number of alkyl halides is 1. The summed E-state index contributed by atoms with van der Waals surface area (Å²) in [5.74, 6) is 0.322. The van der Waals surface area contributed by atoms with Crippen molar-refractivity contribution in [3.8, 4) is 0 Å². The van der Waals surface area contributed by atoms with Gasteiger partial charge in [0.1, 0.15) is 0 Å². The largest absolute Gasteiger partial charge is 0.339 e. The molecule has 0 N–H and O–H groups in total. The van der Waals surface area contributed by atoms with E-state index in [4.69, 9.17) is 0 Å². The first-order valence-corrected chi connectivity index (χ1v) is 9.24. The molecule has 1 aromatic rings. The number of aryl methyl sites for hydroxylation is 2. The van der Waals surface area contributed by atoms with Gasteiger partial charge in [-0.25, -0.2) is 0 Å². The molecular formula is C18H26BrNO. The van der Waals surface area contributed by atoms with Gasteiger partial charge in [0.25, 0.3) is 0 Å². The predicted molar refractivity (Wildman–Crippen MR) is 91.9 cm³/mol. The van der Waals surface area contributed by atoms with Crippen molar-refractivity contribution in [1.82, 2.24) is 4.90 Å². The highest BCUT2D eigenvalue weighted by molar-refractivity contribution is 9.09. The van der Waals surface area contributed by atoms with Gasteiger partial charge < -0.3 is 4.90 Å². The normalized spacial score (nSPS) is 15.9. The Labute approximate surface area is 137 Å². The minimum Gasteiger partial charge on any atom is -0.339 e. The Morgan fingerprint density at radius 2 is 2.05 bits per heavy atom. The highest BCUT2D eigenvalue weighted by Crippen LogP contribution is 2.23. The molecule has 2 rings (SSSR count). The van der Waals surface area contributed by atoms with Crippen LogP contribution >= 0.6 is 15.9 Å². The van der Waals surface area contributed by atoms with Crippen LogP contribution in [0, 0.1) is 6.92 Å². The van der Waals surface area contributed by atoms with Crippen molar-refractivity contribution in [2.24, 2.45) is 0 Å². The molecular weight excluding hydrogens is 326 g/mol. The number of amides is 1. The van der Waals surface area contributed by atoms with Crippen LogP contribution in [0.3, 0.4) is 0 Å². The maximum absolute atomic E-state index is 12.6. The molecule has 1 amide bonds. The Hall–Kier alpha value is -0.830. The van der Waals surface area contributed by atoms with Gasteiger partial charge in [-0.05, 0) is 31.7 Å². The summed E-state index contributed by atoms with van der Waals surface area (Å²) in [5, 5.41) is 0.875. The zero-order valence-corrected chi connectivity index (χ0v) is 14.6. The Kier molecular flexibility index (Phi) is 6.75. The van der Waals surface area contributed by atoms with Gasteiger partial charge in [0.05, 0.1) is 0 Å². The standard InChI is InChI=1S/C18H26BrNO/c1-15-6-5-7-16(14-15)10-11-18(21)20(13-12-19)17-8-3-2-4-9-17/h5-7,14,17H,2-4,8-13H2,1H3. The van der Waals surface area contributed by atoms with Crippen LogP contribution < -0.4 is 0 Å². The van der Waals surface area contributed by atoms with E-state index in [1.54, 1.807) is 0 Å². The topological polar surface area (TPSA) is 20.3 Å². The smallest absolute Gasteiger partial charge is 0.223 e. The third-order valence-corrected chi connectivity index (χ3v) is 4.73. The second-order valence-electron chi connectivity index (χ2n) is 6.06. The third-order valence-electron chi connectivity index (χ3n) is 4.37. The number of nitrogens with zero attached hydrogens (tertiary/aromatic N) is 1. The lowest BCUT2D eigenvalue weighted by Crippen LogP contribution is -2.42. The Morgan fingerprint density at radius 3 is 2.71 bits per heavy atom. The van der Waals surface area contributed by atoms with Gasteiger partial charge in [-0.15, -0.1) is 0 Å². The van der Waals surface area contributed by atoms with Crippen LogP contribution in [-0.4, -0.2) is 28.7 Å². The van der Waals surface area contributed by atoms with Gasteiger partial charge >= 0.3 is 0 Å². The summed E-state index contributed by atoms with van der Waals surface area (Å²) in [6, 6.07) is 8.96. The summed E-state index contributed by atoms with van der Waals surface area (Å²) in [5.41, 5.74) is 2.54. The van der Waals surface area contributed by atoms with Crippen molar-refractivity contribution in [2.75, 3.05) is 11.9 Å². The molecule has 1 aromatic carbocycles. The second-order valence-corrected chi connectivity index (χ2v) is 6.85. The molecule has 1 saturated carbocycles. The zero-order valence-electron chi connectivity index (χ0n) is 13.0. The lowest BCUT2D eigenvalue weighted by atomic mass is 9.93. The van der Waals surface area contributed by atoms with Gasteiger partial charge in [-0.1, -0.05) is 65.0 Å². The average molecular weight is 352 g/mol. The number of rotatable bonds is 6. The molecule has 0 spiro atoms. The van der Waals surface area contributed by atoms with E-state index < -0.39 is 0 Å². The van der Waals surface area contributed by atoms with E-state index in [-0.39, 0.29) is 0 Å². The van der Waals surface area contributed by atoms with E-state index in [9.17, 15) is 4.79 Å². The maximum Gasteiger partial charge on any atom is 0.223 e. The summed E-state index contributed by atoms with van der Waals surface area (Å²) in [6.07, 6.45) is 7.73. The maximum atomic E-state index is 12.6. The number of hydrogen-bond donors (Lipinski definition) is 0. The number of benzene rings is 1. The van der Waals surface area contributed by atoms with Gasteiger partial charge in [-0.2, -0.15) is 0 Å². The lowest BCUT2D eigenvalue weighted by Gasteiger charge is -2.34. The van der Waals surface area contributed by atoms with E-state index in [1.807, 2.05) is 0 Å². The van der Waals surface area contributed by atoms with E-state index in [0.29, 0.717) is 18.4 Å². The first kappa shape index (κ1) is 16.5. The summed E-state index contributed by atoms with van der Waals surface area (Å²) in [4.78, 5) is 14.7. The quantitative estimate of drug-likeness (QED) is 0.691. The predicted octanol–water partition coefficient (Wildman–Crippen LogP) is 4.48. The fourth-order valence-electron chi connectivity index (χ4n) is 3.26. The SMILES string of the molecule is Cc1cccc(CCC(=O)N(CCBr)C2CCCCC2)c1. The van der Waals surface area contributed by atoms with Crippen LogP contribution in [0.2, 0.25) is 0 Å². The van der Waals surface area contributed by atoms with E-state index >= 15 is 0 Å². The molecule has 1 aliphatic carbocycles. The van der Waals surface area contributed by atoms with Crippen LogP contribution in [0.25, 0.3) is 0 Å². The minimum absolute atomic E-state index is 0.322. The Bertz CT molecular complexity index is 454. The van der Waals surface area contributed by atoms with E-state index in [2.05, 4.69) is 52.0 Å². The fourth-order valence-corrected chi connectivity index (χ4v) is 3.64. The molecule has 21 heavy (non-hydrogen) atoms. The molecule has 0 saturated heterocycles. The summed E-state index contributed by atoms with van der Waals surface area (Å²) >= 11 is 3.50. The zero-order chi connectivity index (χ0) is 15.1. The molecule has 1 aliphatic rings. The first-order chi connectivity index (χ1) is 10.2. The molecule has 0 heterocycles. The van der Waals surface area contributed by atoms with Gasteiger partial charge in [-0.3, -0.25) is 4.79 Å². The first-order valence-electron chi connectivity index (χ1n) is 8.11. The van der Waals surface area contributed by atoms with Crippen molar-refractivity contribution in [3.05, 3.63) is 35.4 Å². The van der Waals surface area contributed by atoms with Crippen molar-refractivity contribution < 1.29 is 4.79 Å². The molecule has 0 radical (unpaired) electrons. The Morgan fingerprint density at radius 1 is 1.29 bits per heavy atom. The van der Waals surface area contributed by atoms with Crippen LogP contribution in [-0.2, 0) is 11.2 Å². The van der Waals surface area contributed by atoms with Gasteiger partial charge in [0.2, 0.25) is 5.91 Å². The van der Waals surface area contributed by atoms with Crippen molar-refractivity contribution in [2.45, 2.75) is 57.9 Å². The number of carbonyl (C=O) groups excluding carboxylic acids is 1. The number of halogens is 1. The van der Waals surface area contributed by atoms with Crippen molar-refractivity contribution in [3.63, 3.8) is 0 Å². The Balaban J connectivity index is 1.91. The molecule has 0 aliphatic heterocycles. The van der Waals surface area contributed by atoms with Crippen LogP contribution in [0.5, 0.6) is 0 Å². The fraction of sp³-hybridized carbons (Fsp3) is 0.611. The highest BCUT2D eigenvalue weighted by atomic mass is 79.9. The average Bonchev–Trinajstić information content (AvgIpc) is 2.51. The van der Waals surface area contributed by atoms with E-state index in [0.717, 1.165) is 18.3 Å². The third kappa shape index (κ3) is 5.14. The molecule has 0 bridgehead atoms.